The zero-order chi connectivity index (χ0) is 14.1. The summed E-state index contributed by atoms with van der Waals surface area (Å²) in [6.45, 7) is 1.78. The number of hydrogen-bond donors (Lipinski definition) is 1. The minimum Gasteiger partial charge on any atom is -0.382 e. The van der Waals surface area contributed by atoms with Gasteiger partial charge in [-0.3, -0.25) is 4.98 Å². The van der Waals surface area contributed by atoms with Crippen molar-refractivity contribution in [1.29, 1.82) is 0 Å². The molecule has 0 aliphatic heterocycles. The molecule has 2 aromatic carbocycles. The molecule has 1 N–H and O–H groups in total. The van der Waals surface area contributed by atoms with Crippen LogP contribution in [-0.4, -0.2) is 15.1 Å². The number of nitrogens with zero attached hydrogens (tertiary/aromatic N) is 2. The van der Waals surface area contributed by atoms with E-state index in [0.29, 0.717) is 16.8 Å². The third kappa shape index (κ3) is 2.38. The van der Waals surface area contributed by atoms with Crippen LogP contribution in [-0.2, 0) is 0 Å². The molecule has 0 saturated heterocycles. The van der Waals surface area contributed by atoms with Gasteiger partial charge in [0.2, 0.25) is 0 Å². The Bertz CT molecular complexity index is 753. The van der Waals surface area contributed by atoms with Crippen LogP contribution in [0.3, 0.4) is 0 Å². The molecule has 0 radical (unpaired) electrons. The fraction of sp³-hybridized carbons (Fsp3) is 0.125. The number of aryl methyl sites for hydroxylation is 1. The molecule has 0 spiro atoms. The summed E-state index contributed by atoms with van der Waals surface area (Å²) in [5, 5.41) is 10.3. The summed E-state index contributed by atoms with van der Waals surface area (Å²) < 4.78 is 13.4. The number of aromatic nitrogens is 2. The van der Waals surface area contributed by atoms with Crippen LogP contribution in [0.2, 0.25) is 0 Å². The van der Waals surface area contributed by atoms with Crippen LogP contribution in [0.4, 0.5) is 4.39 Å². The molecule has 0 aliphatic carbocycles. The lowest BCUT2D eigenvalue weighted by Gasteiger charge is -2.12. The summed E-state index contributed by atoms with van der Waals surface area (Å²) in [6, 6.07) is 11.9. The van der Waals surface area contributed by atoms with Crippen molar-refractivity contribution in [3.05, 3.63) is 71.3 Å². The van der Waals surface area contributed by atoms with Crippen molar-refractivity contribution in [3.63, 3.8) is 0 Å². The molecular formula is C16H13FN2O. The Morgan fingerprint density at radius 2 is 1.85 bits per heavy atom. The van der Waals surface area contributed by atoms with Crippen molar-refractivity contribution in [3.8, 4) is 0 Å². The average molecular weight is 268 g/mol. The monoisotopic (exact) mass is 268 g/mol. The van der Waals surface area contributed by atoms with E-state index in [1.807, 2.05) is 24.3 Å². The highest BCUT2D eigenvalue weighted by Crippen LogP contribution is 2.23. The molecule has 0 amide bonds. The van der Waals surface area contributed by atoms with E-state index >= 15 is 0 Å². The van der Waals surface area contributed by atoms with Crippen LogP contribution in [0.15, 0.2) is 48.7 Å². The fourth-order valence-corrected chi connectivity index (χ4v) is 2.20. The van der Waals surface area contributed by atoms with E-state index < -0.39 is 6.10 Å². The highest BCUT2D eigenvalue weighted by atomic mass is 19.1. The second kappa shape index (κ2) is 4.98. The van der Waals surface area contributed by atoms with E-state index in [0.717, 1.165) is 11.1 Å². The van der Waals surface area contributed by atoms with E-state index in [4.69, 9.17) is 0 Å². The molecule has 0 aliphatic rings. The predicted molar refractivity (Wildman–Crippen MR) is 74.7 cm³/mol. The molecule has 4 heteroatoms. The number of aliphatic hydroxyl groups is 1. The van der Waals surface area contributed by atoms with Gasteiger partial charge in [0.25, 0.3) is 0 Å². The van der Waals surface area contributed by atoms with Gasteiger partial charge in [-0.05, 0) is 42.3 Å². The van der Waals surface area contributed by atoms with Gasteiger partial charge in [0.15, 0.2) is 0 Å². The Hall–Kier alpha value is -2.33. The first kappa shape index (κ1) is 12.7. The van der Waals surface area contributed by atoms with E-state index in [-0.39, 0.29) is 5.82 Å². The maximum absolute atomic E-state index is 13.4. The lowest BCUT2D eigenvalue weighted by Crippen LogP contribution is -2.04. The van der Waals surface area contributed by atoms with Gasteiger partial charge in [0.05, 0.1) is 22.9 Å². The lowest BCUT2D eigenvalue weighted by molar-refractivity contribution is 0.214. The van der Waals surface area contributed by atoms with E-state index in [1.54, 1.807) is 13.0 Å². The summed E-state index contributed by atoms with van der Waals surface area (Å²) in [6.07, 6.45) is 0.536. The number of benzene rings is 2. The minimum atomic E-state index is -0.985. The SMILES string of the molecule is Cc1cc(F)cc(C(O)c2cnc3ccccc3n2)c1. The summed E-state index contributed by atoms with van der Waals surface area (Å²) in [7, 11) is 0. The van der Waals surface area contributed by atoms with E-state index in [9.17, 15) is 9.50 Å². The third-order valence-corrected chi connectivity index (χ3v) is 3.13. The standard InChI is InChI=1S/C16H13FN2O/c1-10-6-11(8-12(17)7-10)16(20)15-9-18-13-4-2-3-5-14(13)19-15/h2-9,16,20H,1H3. The molecule has 0 saturated carbocycles. The number of para-hydroxylation sites is 2. The molecule has 3 nitrogen and oxygen atoms in total. The van der Waals surface area contributed by atoms with Crippen molar-refractivity contribution in [2.45, 2.75) is 13.0 Å². The molecule has 3 rings (SSSR count). The first-order valence-electron chi connectivity index (χ1n) is 6.30. The quantitative estimate of drug-likeness (QED) is 0.776. The van der Waals surface area contributed by atoms with Crippen LogP contribution >= 0.6 is 0 Å². The van der Waals surface area contributed by atoms with Gasteiger partial charge < -0.3 is 5.11 Å². The van der Waals surface area contributed by atoms with Crippen molar-refractivity contribution in [2.24, 2.45) is 0 Å². The minimum absolute atomic E-state index is 0.368. The molecule has 3 aromatic rings. The molecule has 20 heavy (non-hydrogen) atoms. The lowest BCUT2D eigenvalue weighted by atomic mass is 10.0. The summed E-state index contributed by atoms with van der Waals surface area (Å²) in [5.41, 5.74) is 3.12. The number of rotatable bonds is 2. The molecule has 1 aromatic heterocycles. The largest absolute Gasteiger partial charge is 0.382 e. The Morgan fingerprint density at radius 1 is 1.10 bits per heavy atom. The Balaban J connectivity index is 2.05. The van der Waals surface area contributed by atoms with Gasteiger partial charge in [-0.2, -0.15) is 0 Å². The number of halogens is 1. The first-order valence-corrected chi connectivity index (χ1v) is 6.30. The van der Waals surface area contributed by atoms with Crippen molar-refractivity contribution >= 4 is 11.0 Å². The molecule has 100 valence electrons. The number of aliphatic hydroxyl groups excluding tert-OH is 1. The Kier molecular flexibility index (Phi) is 3.16. The predicted octanol–water partition coefficient (Wildman–Crippen LogP) is 3.16. The highest BCUT2D eigenvalue weighted by molar-refractivity contribution is 5.73. The van der Waals surface area contributed by atoms with Crippen LogP contribution in [0.25, 0.3) is 11.0 Å². The smallest absolute Gasteiger partial charge is 0.123 e. The number of hydrogen-bond acceptors (Lipinski definition) is 3. The molecule has 1 heterocycles. The van der Waals surface area contributed by atoms with Gasteiger partial charge >= 0.3 is 0 Å². The summed E-state index contributed by atoms with van der Waals surface area (Å²) in [5.74, 6) is -0.368. The van der Waals surface area contributed by atoms with Crippen molar-refractivity contribution < 1.29 is 9.50 Å². The van der Waals surface area contributed by atoms with Crippen LogP contribution in [0.5, 0.6) is 0 Å². The fourth-order valence-electron chi connectivity index (χ4n) is 2.20. The highest BCUT2D eigenvalue weighted by Gasteiger charge is 2.14. The molecular weight excluding hydrogens is 255 g/mol. The molecule has 0 bridgehead atoms. The van der Waals surface area contributed by atoms with E-state index in [1.165, 1.54) is 18.3 Å². The van der Waals surface area contributed by atoms with Crippen molar-refractivity contribution in [2.75, 3.05) is 0 Å². The van der Waals surface area contributed by atoms with Crippen LogP contribution in [0.1, 0.15) is 22.9 Å². The summed E-state index contributed by atoms with van der Waals surface area (Å²) >= 11 is 0. The topological polar surface area (TPSA) is 46.0 Å². The average Bonchev–Trinajstić information content (AvgIpc) is 2.45. The molecule has 1 unspecified atom stereocenters. The summed E-state index contributed by atoms with van der Waals surface area (Å²) in [4.78, 5) is 8.63. The van der Waals surface area contributed by atoms with Gasteiger partial charge in [-0.25, -0.2) is 9.37 Å². The van der Waals surface area contributed by atoms with E-state index in [2.05, 4.69) is 9.97 Å². The third-order valence-electron chi connectivity index (χ3n) is 3.13. The van der Waals surface area contributed by atoms with Gasteiger partial charge in [0.1, 0.15) is 11.9 Å². The maximum Gasteiger partial charge on any atom is 0.123 e. The Labute approximate surface area is 115 Å². The normalized spacial score (nSPS) is 12.6. The second-order valence-electron chi connectivity index (χ2n) is 4.75. The second-order valence-corrected chi connectivity index (χ2v) is 4.75. The molecule has 0 fully saturated rings. The zero-order valence-electron chi connectivity index (χ0n) is 10.9. The van der Waals surface area contributed by atoms with Crippen LogP contribution < -0.4 is 0 Å². The Morgan fingerprint density at radius 3 is 2.60 bits per heavy atom. The van der Waals surface area contributed by atoms with Crippen molar-refractivity contribution in [1.82, 2.24) is 9.97 Å². The molecule has 1 atom stereocenters. The number of fused-ring (bicyclic) bond motifs is 1. The first-order chi connectivity index (χ1) is 9.63. The maximum atomic E-state index is 13.4. The van der Waals surface area contributed by atoms with Gasteiger partial charge in [-0.1, -0.05) is 18.2 Å². The van der Waals surface area contributed by atoms with Crippen LogP contribution in [0, 0.1) is 12.7 Å². The van der Waals surface area contributed by atoms with Gasteiger partial charge in [-0.15, -0.1) is 0 Å². The zero-order valence-corrected chi connectivity index (χ0v) is 10.9. The van der Waals surface area contributed by atoms with Gasteiger partial charge in [0, 0.05) is 0 Å².